The SMILES string of the molecule is COc1ccc(Nc2nc(N3CCC(C(=O)/C=C\c4ccc(C(=O)O)cc4)C3)nc3scnc23)cc1OC. The number of anilines is 3. The van der Waals surface area contributed by atoms with Crippen LogP contribution in [0.1, 0.15) is 22.3 Å². The minimum absolute atomic E-state index is 0.0114. The van der Waals surface area contributed by atoms with Crippen molar-refractivity contribution in [3.63, 3.8) is 0 Å². The number of thiazole rings is 1. The van der Waals surface area contributed by atoms with Crippen LogP contribution < -0.4 is 19.7 Å². The summed E-state index contributed by atoms with van der Waals surface area (Å²) in [6.45, 7) is 1.15. The number of nitrogens with one attached hydrogen (secondary N) is 1. The molecule has 1 fully saturated rings. The third kappa shape index (κ3) is 5.28. The van der Waals surface area contributed by atoms with E-state index in [-0.39, 0.29) is 17.3 Å². The van der Waals surface area contributed by atoms with Crippen molar-refractivity contribution in [1.82, 2.24) is 15.0 Å². The van der Waals surface area contributed by atoms with Crippen molar-refractivity contribution in [1.29, 1.82) is 0 Å². The molecule has 194 valence electrons. The average molecular weight is 532 g/mol. The van der Waals surface area contributed by atoms with Crippen molar-refractivity contribution in [3.05, 3.63) is 65.2 Å². The highest BCUT2D eigenvalue weighted by atomic mass is 32.1. The van der Waals surface area contributed by atoms with Crippen molar-refractivity contribution in [3.8, 4) is 11.5 Å². The Morgan fingerprint density at radius 2 is 1.89 bits per heavy atom. The van der Waals surface area contributed by atoms with Crippen LogP contribution in [0.2, 0.25) is 0 Å². The van der Waals surface area contributed by atoms with Gasteiger partial charge in [0.2, 0.25) is 5.95 Å². The topological polar surface area (TPSA) is 127 Å². The molecule has 38 heavy (non-hydrogen) atoms. The molecule has 1 aliphatic heterocycles. The highest BCUT2D eigenvalue weighted by Gasteiger charge is 2.29. The number of hydrogen-bond acceptors (Lipinski definition) is 10. The molecule has 3 heterocycles. The molecule has 0 saturated carbocycles. The second-order valence-corrected chi connectivity index (χ2v) is 9.50. The van der Waals surface area contributed by atoms with Crippen molar-refractivity contribution < 1.29 is 24.2 Å². The highest BCUT2D eigenvalue weighted by molar-refractivity contribution is 7.16. The molecule has 1 atom stereocenters. The smallest absolute Gasteiger partial charge is 0.335 e. The number of methoxy groups -OCH3 is 2. The van der Waals surface area contributed by atoms with Gasteiger partial charge in [-0.25, -0.2) is 9.78 Å². The second-order valence-electron chi connectivity index (χ2n) is 8.67. The van der Waals surface area contributed by atoms with Crippen LogP contribution in [-0.2, 0) is 4.79 Å². The molecule has 2 aromatic carbocycles. The molecule has 2 N–H and O–H groups in total. The molecule has 11 heteroatoms. The minimum Gasteiger partial charge on any atom is -0.493 e. The molecule has 5 rings (SSSR count). The lowest BCUT2D eigenvalue weighted by Crippen LogP contribution is -2.24. The third-order valence-corrected chi connectivity index (χ3v) is 7.02. The Labute approximate surface area is 222 Å². The molecule has 1 saturated heterocycles. The molecular formula is C27H25N5O5S. The Hall–Kier alpha value is -4.51. The number of nitrogens with zero attached hydrogens (tertiary/aromatic N) is 4. The van der Waals surface area contributed by atoms with E-state index in [2.05, 4.69) is 10.3 Å². The summed E-state index contributed by atoms with van der Waals surface area (Å²) in [6.07, 6.45) is 3.95. The Morgan fingerprint density at radius 3 is 2.63 bits per heavy atom. The summed E-state index contributed by atoms with van der Waals surface area (Å²) in [6, 6.07) is 11.9. The first-order valence-corrected chi connectivity index (χ1v) is 12.7. The Morgan fingerprint density at radius 1 is 1.11 bits per heavy atom. The largest absolute Gasteiger partial charge is 0.493 e. The molecule has 0 spiro atoms. The lowest BCUT2D eigenvalue weighted by molar-refractivity contribution is -0.117. The van der Waals surface area contributed by atoms with Gasteiger partial charge in [-0.3, -0.25) is 4.79 Å². The molecule has 0 aliphatic carbocycles. The number of carboxylic acid groups (broad SMARTS) is 1. The van der Waals surface area contributed by atoms with Gasteiger partial charge in [0, 0.05) is 30.8 Å². The van der Waals surface area contributed by atoms with Crippen LogP contribution in [0.4, 0.5) is 17.5 Å². The van der Waals surface area contributed by atoms with E-state index in [1.807, 2.05) is 23.1 Å². The van der Waals surface area contributed by atoms with E-state index in [0.717, 1.165) is 16.1 Å². The van der Waals surface area contributed by atoms with Gasteiger partial charge in [-0.2, -0.15) is 9.97 Å². The molecule has 2 aromatic heterocycles. The zero-order chi connectivity index (χ0) is 26.6. The van der Waals surface area contributed by atoms with Gasteiger partial charge in [0.05, 0.1) is 25.3 Å². The van der Waals surface area contributed by atoms with Gasteiger partial charge in [0.1, 0.15) is 5.52 Å². The first kappa shape index (κ1) is 25.2. The summed E-state index contributed by atoms with van der Waals surface area (Å²) in [4.78, 5) is 40.5. The molecule has 1 aliphatic rings. The van der Waals surface area contributed by atoms with Crippen molar-refractivity contribution in [2.45, 2.75) is 6.42 Å². The number of carboxylic acids is 1. The van der Waals surface area contributed by atoms with E-state index in [9.17, 15) is 9.59 Å². The van der Waals surface area contributed by atoms with Crippen LogP contribution in [0.15, 0.2) is 54.1 Å². The number of ether oxygens (including phenoxy) is 2. The summed E-state index contributed by atoms with van der Waals surface area (Å²) in [7, 11) is 3.17. The number of allylic oxidation sites excluding steroid dienone is 1. The number of carbonyl (C=O) groups excluding carboxylic acids is 1. The summed E-state index contributed by atoms with van der Waals surface area (Å²) in [5, 5.41) is 12.4. The molecule has 0 radical (unpaired) electrons. The lowest BCUT2D eigenvalue weighted by Gasteiger charge is -2.17. The van der Waals surface area contributed by atoms with Crippen LogP contribution in [-0.4, -0.2) is 59.1 Å². The van der Waals surface area contributed by atoms with E-state index >= 15 is 0 Å². The number of aromatic nitrogens is 3. The standard InChI is InChI=1S/C27H25N5O5S/c1-36-21-10-8-19(13-22(21)37-2)29-24-23-25(38-15-28-23)31-27(30-24)32-12-11-18(14-32)20(33)9-5-16-3-6-17(7-4-16)26(34)35/h3-10,13,15,18H,11-12,14H2,1-2H3,(H,34,35)(H,29,30,31)/b9-5-. The number of aromatic carboxylic acids is 1. The molecule has 0 bridgehead atoms. The van der Waals surface area contributed by atoms with Crippen molar-refractivity contribution in [2.24, 2.45) is 5.92 Å². The number of carbonyl (C=O) groups is 2. The van der Waals surface area contributed by atoms with E-state index < -0.39 is 5.97 Å². The quantitative estimate of drug-likeness (QED) is 0.295. The molecule has 10 nitrogen and oxygen atoms in total. The monoisotopic (exact) mass is 531 g/mol. The Kier molecular flexibility index (Phi) is 7.18. The predicted octanol–water partition coefficient (Wildman–Crippen LogP) is 4.65. The van der Waals surface area contributed by atoms with Crippen molar-refractivity contribution >= 4 is 57.0 Å². The molecule has 1 unspecified atom stereocenters. The van der Waals surface area contributed by atoms with Gasteiger partial charge < -0.3 is 24.8 Å². The zero-order valence-electron chi connectivity index (χ0n) is 20.7. The average Bonchev–Trinajstić information content (AvgIpc) is 3.62. The summed E-state index contributed by atoms with van der Waals surface area (Å²) in [5.41, 5.74) is 4.13. The van der Waals surface area contributed by atoms with E-state index in [4.69, 9.17) is 24.5 Å². The fourth-order valence-electron chi connectivity index (χ4n) is 4.26. The number of fused-ring (bicyclic) bond motifs is 1. The van der Waals surface area contributed by atoms with Crippen LogP contribution in [0.3, 0.4) is 0 Å². The van der Waals surface area contributed by atoms with Crippen LogP contribution in [0, 0.1) is 5.92 Å². The number of hydrogen-bond donors (Lipinski definition) is 2. The molecule has 0 amide bonds. The van der Waals surface area contributed by atoms with Gasteiger partial charge in [-0.1, -0.05) is 18.2 Å². The Balaban J connectivity index is 1.31. The van der Waals surface area contributed by atoms with E-state index in [1.165, 1.54) is 23.5 Å². The van der Waals surface area contributed by atoms with Crippen LogP contribution in [0.25, 0.3) is 16.4 Å². The van der Waals surface area contributed by atoms with Gasteiger partial charge >= 0.3 is 5.97 Å². The van der Waals surface area contributed by atoms with Gasteiger partial charge in [-0.15, -0.1) is 11.3 Å². The van der Waals surface area contributed by atoms with Gasteiger partial charge in [0.15, 0.2) is 27.9 Å². The van der Waals surface area contributed by atoms with Crippen LogP contribution in [0.5, 0.6) is 11.5 Å². The maximum Gasteiger partial charge on any atom is 0.335 e. The second kappa shape index (κ2) is 10.9. The molecular weight excluding hydrogens is 506 g/mol. The first-order valence-electron chi connectivity index (χ1n) is 11.9. The Bertz CT molecular complexity index is 1520. The predicted molar refractivity (Wildman–Crippen MR) is 146 cm³/mol. The van der Waals surface area contributed by atoms with Crippen LogP contribution >= 0.6 is 11.3 Å². The first-order chi connectivity index (χ1) is 18.4. The number of benzene rings is 2. The van der Waals surface area contributed by atoms with Gasteiger partial charge in [-0.05, 0) is 42.3 Å². The minimum atomic E-state index is -0.983. The van der Waals surface area contributed by atoms with E-state index in [0.29, 0.717) is 48.3 Å². The van der Waals surface area contributed by atoms with Gasteiger partial charge in [0.25, 0.3) is 0 Å². The van der Waals surface area contributed by atoms with E-state index in [1.54, 1.807) is 44.0 Å². The zero-order valence-corrected chi connectivity index (χ0v) is 21.6. The fraction of sp³-hybridized carbons (Fsp3) is 0.222. The number of rotatable bonds is 9. The molecule has 4 aromatic rings. The maximum atomic E-state index is 12.9. The fourth-order valence-corrected chi connectivity index (χ4v) is 4.91. The summed E-state index contributed by atoms with van der Waals surface area (Å²) >= 11 is 1.43. The number of ketones is 1. The van der Waals surface area contributed by atoms with Crippen molar-refractivity contribution in [2.75, 3.05) is 37.5 Å². The lowest BCUT2D eigenvalue weighted by atomic mass is 10.0. The maximum absolute atomic E-state index is 12.9. The normalized spacial score (nSPS) is 15.2. The summed E-state index contributed by atoms with van der Waals surface area (Å²) < 4.78 is 10.7. The third-order valence-electron chi connectivity index (χ3n) is 6.30. The summed E-state index contributed by atoms with van der Waals surface area (Å²) in [5.74, 6) is 1.16. The highest BCUT2D eigenvalue weighted by Crippen LogP contribution is 2.34.